The molecule has 0 radical (unpaired) electrons. The fourth-order valence-corrected chi connectivity index (χ4v) is 1.81. The molecule has 4 atom stereocenters. The summed E-state index contributed by atoms with van der Waals surface area (Å²) in [6, 6.07) is 0. The molecule has 0 saturated carbocycles. The molecule has 0 unspecified atom stereocenters. The van der Waals surface area contributed by atoms with Gasteiger partial charge in [-0.25, -0.2) is 9.67 Å². The highest BCUT2D eigenvalue weighted by molar-refractivity contribution is 5.87. The van der Waals surface area contributed by atoms with Gasteiger partial charge in [0.1, 0.15) is 31.2 Å². The maximum atomic E-state index is 9.83. The Kier molecular flexibility index (Phi) is 4.45. The maximum Gasteiger partial charge on any atom is 0.254 e. The van der Waals surface area contributed by atoms with E-state index in [0.717, 1.165) is 0 Å². The SMILES string of the molecule is C=CCOC(=N)c1ncn([C@@H]2O[C@H](CO)[C@@H](O)[C@H]2O)n1. The third-order valence-corrected chi connectivity index (χ3v) is 2.84. The molecule has 110 valence electrons. The van der Waals surface area contributed by atoms with Crippen molar-refractivity contribution in [3.63, 3.8) is 0 Å². The Labute approximate surface area is 114 Å². The van der Waals surface area contributed by atoms with E-state index in [1.54, 1.807) is 0 Å². The van der Waals surface area contributed by atoms with Crippen molar-refractivity contribution in [2.45, 2.75) is 24.5 Å². The van der Waals surface area contributed by atoms with Crippen LogP contribution in [0.2, 0.25) is 0 Å². The molecule has 1 aromatic rings. The molecule has 1 aromatic heterocycles. The largest absolute Gasteiger partial charge is 0.471 e. The van der Waals surface area contributed by atoms with Crippen LogP contribution in [0.5, 0.6) is 0 Å². The average Bonchev–Trinajstić information content (AvgIpc) is 3.03. The van der Waals surface area contributed by atoms with Crippen LogP contribution in [-0.2, 0) is 9.47 Å². The Hall–Kier alpha value is -1.81. The lowest BCUT2D eigenvalue weighted by molar-refractivity contribution is -0.0588. The van der Waals surface area contributed by atoms with Crippen molar-refractivity contribution in [1.82, 2.24) is 14.8 Å². The first-order valence-electron chi connectivity index (χ1n) is 5.94. The van der Waals surface area contributed by atoms with Crippen molar-refractivity contribution < 1.29 is 24.8 Å². The van der Waals surface area contributed by atoms with Gasteiger partial charge < -0.3 is 24.8 Å². The summed E-state index contributed by atoms with van der Waals surface area (Å²) in [5.74, 6) is -0.222. The second-order valence-corrected chi connectivity index (χ2v) is 4.21. The minimum absolute atomic E-state index is 0.0181. The molecule has 1 aliphatic rings. The predicted molar refractivity (Wildman–Crippen MR) is 66.0 cm³/mol. The molecule has 1 fully saturated rings. The second-order valence-electron chi connectivity index (χ2n) is 4.21. The molecule has 20 heavy (non-hydrogen) atoms. The lowest BCUT2D eigenvalue weighted by atomic mass is 10.1. The fourth-order valence-electron chi connectivity index (χ4n) is 1.81. The minimum Gasteiger partial charge on any atom is -0.471 e. The standard InChI is InChI=1S/C11H16N4O5/c1-2-3-19-9(12)10-13-5-15(14-10)11-8(18)7(17)6(4-16)20-11/h2,5-8,11-12,16-18H,1,3-4H2/t6-,7-,8-,11-/m1/s1. The van der Waals surface area contributed by atoms with Crippen LogP contribution in [0.4, 0.5) is 0 Å². The van der Waals surface area contributed by atoms with Crippen LogP contribution in [0, 0.1) is 5.41 Å². The molecule has 0 bridgehead atoms. The first-order valence-corrected chi connectivity index (χ1v) is 5.94. The highest BCUT2D eigenvalue weighted by Crippen LogP contribution is 2.28. The van der Waals surface area contributed by atoms with Gasteiger partial charge in [-0.3, -0.25) is 5.41 Å². The molecule has 0 aromatic carbocycles. The minimum atomic E-state index is -1.25. The molecule has 1 saturated heterocycles. The van der Waals surface area contributed by atoms with Gasteiger partial charge >= 0.3 is 0 Å². The molecular formula is C11H16N4O5. The molecule has 1 aliphatic heterocycles. The quantitative estimate of drug-likeness (QED) is 0.291. The number of aromatic nitrogens is 3. The number of hydrogen-bond donors (Lipinski definition) is 4. The summed E-state index contributed by atoms with van der Waals surface area (Å²) in [6.07, 6.45) is -1.59. The summed E-state index contributed by atoms with van der Waals surface area (Å²) < 4.78 is 11.4. The van der Waals surface area contributed by atoms with E-state index in [1.807, 2.05) is 0 Å². The monoisotopic (exact) mass is 284 g/mol. The summed E-state index contributed by atoms with van der Waals surface area (Å²) in [6.45, 7) is 3.19. The summed E-state index contributed by atoms with van der Waals surface area (Å²) in [4.78, 5) is 3.86. The van der Waals surface area contributed by atoms with Gasteiger partial charge in [-0.2, -0.15) is 0 Å². The van der Waals surface area contributed by atoms with E-state index < -0.39 is 31.1 Å². The molecule has 9 heteroatoms. The smallest absolute Gasteiger partial charge is 0.254 e. The van der Waals surface area contributed by atoms with Gasteiger partial charge in [0.2, 0.25) is 5.82 Å². The molecule has 2 heterocycles. The number of aliphatic hydroxyl groups is 3. The van der Waals surface area contributed by atoms with Gasteiger partial charge in [0.15, 0.2) is 6.23 Å². The van der Waals surface area contributed by atoms with Crippen molar-refractivity contribution in [3.8, 4) is 0 Å². The fraction of sp³-hybridized carbons (Fsp3) is 0.545. The van der Waals surface area contributed by atoms with Crippen LogP contribution in [-0.4, -0.2) is 67.5 Å². The third kappa shape index (κ3) is 2.70. The summed E-state index contributed by atoms with van der Waals surface area (Å²) in [5.41, 5.74) is 0. The van der Waals surface area contributed by atoms with Crippen molar-refractivity contribution >= 4 is 5.90 Å². The molecule has 9 nitrogen and oxygen atoms in total. The Bertz CT molecular complexity index is 491. The lowest BCUT2D eigenvalue weighted by Gasteiger charge is -2.13. The first kappa shape index (κ1) is 14.6. The van der Waals surface area contributed by atoms with Crippen molar-refractivity contribution in [3.05, 3.63) is 24.8 Å². The average molecular weight is 284 g/mol. The Morgan fingerprint density at radius 1 is 1.55 bits per heavy atom. The van der Waals surface area contributed by atoms with E-state index >= 15 is 0 Å². The van der Waals surface area contributed by atoms with Crippen LogP contribution >= 0.6 is 0 Å². The van der Waals surface area contributed by atoms with E-state index in [1.165, 1.54) is 17.1 Å². The highest BCUT2D eigenvalue weighted by Gasteiger charge is 2.44. The van der Waals surface area contributed by atoms with Crippen LogP contribution < -0.4 is 0 Å². The number of ether oxygens (including phenoxy) is 2. The van der Waals surface area contributed by atoms with Gasteiger partial charge in [-0.15, -0.1) is 5.10 Å². The van der Waals surface area contributed by atoms with Gasteiger partial charge in [0, 0.05) is 0 Å². The van der Waals surface area contributed by atoms with Gasteiger partial charge in [0.05, 0.1) is 6.61 Å². The van der Waals surface area contributed by atoms with Crippen LogP contribution in [0.1, 0.15) is 12.1 Å². The zero-order valence-corrected chi connectivity index (χ0v) is 10.6. The molecule has 0 spiro atoms. The van der Waals surface area contributed by atoms with Crippen molar-refractivity contribution in [2.24, 2.45) is 0 Å². The summed E-state index contributed by atoms with van der Waals surface area (Å²) in [7, 11) is 0. The first-order chi connectivity index (χ1) is 9.58. The molecule has 0 amide bonds. The highest BCUT2D eigenvalue weighted by atomic mass is 16.6. The summed E-state index contributed by atoms with van der Waals surface area (Å²) in [5, 5.41) is 40.0. The van der Waals surface area contributed by atoms with Gasteiger partial charge in [0.25, 0.3) is 5.90 Å². The number of rotatable bonds is 5. The van der Waals surface area contributed by atoms with E-state index in [4.69, 9.17) is 20.0 Å². The Morgan fingerprint density at radius 3 is 2.90 bits per heavy atom. The topological polar surface area (TPSA) is 134 Å². The lowest BCUT2D eigenvalue weighted by Crippen LogP contribution is -2.33. The van der Waals surface area contributed by atoms with E-state index in [0.29, 0.717) is 0 Å². The second kappa shape index (κ2) is 6.09. The van der Waals surface area contributed by atoms with Crippen LogP contribution in [0.25, 0.3) is 0 Å². The Balaban J connectivity index is 2.09. The third-order valence-electron chi connectivity index (χ3n) is 2.84. The number of nitrogens with one attached hydrogen (secondary N) is 1. The molecule has 0 aliphatic carbocycles. The van der Waals surface area contributed by atoms with E-state index in [-0.39, 0.29) is 18.3 Å². The van der Waals surface area contributed by atoms with E-state index in [2.05, 4.69) is 16.7 Å². The van der Waals surface area contributed by atoms with Gasteiger partial charge in [-0.05, 0) is 0 Å². The Morgan fingerprint density at radius 2 is 2.30 bits per heavy atom. The van der Waals surface area contributed by atoms with Crippen molar-refractivity contribution in [1.29, 1.82) is 5.41 Å². The zero-order chi connectivity index (χ0) is 14.7. The number of nitrogens with zero attached hydrogens (tertiary/aromatic N) is 3. The summed E-state index contributed by atoms with van der Waals surface area (Å²) >= 11 is 0. The predicted octanol–water partition coefficient (Wildman–Crippen LogP) is -1.58. The molecule has 2 rings (SSSR count). The van der Waals surface area contributed by atoms with Crippen molar-refractivity contribution in [2.75, 3.05) is 13.2 Å². The molecular weight excluding hydrogens is 268 g/mol. The van der Waals surface area contributed by atoms with Crippen LogP contribution in [0.15, 0.2) is 19.0 Å². The number of aliphatic hydroxyl groups excluding tert-OH is 3. The number of hydrogen-bond acceptors (Lipinski definition) is 8. The normalized spacial score (nSPS) is 29.4. The van der Waals surface area contributed by atoms with Crippen LogP contribution in [0.3, 0.4) is 0 Å². The zero-order valence-electron chi connectivity index (χ0n) is 10.6. The van der Waals surface area contributed by atoms with E-state index in [9.17, 15) is 10.2 Å². The molecule has 4 N–H and O–H groups in total. The maximum absolute atomic E-state index is 9.83. The van der Waals surface area contributed by atoms with Gasteiger partial charge in [-0.1, -0.05) is 12.7 Å².